The third-order valence-electron chi connectivity index (χ3n) is 5.61. The van der Waals surface area contributed by atoms with Crippen molar-refractivity contribution >= 4 is 28.4 Å². The van der Waals surface area contributed by atoms with Crippen molar-refractivity contribution in [3.05, 3.63) is 111 Å². The number of halogens is 1. The highest BCUT2D eigenvalue weighted by Crippen LogP contribution is 2.21. The largest absolute Gasteiger partial charge is 0.497 e. The Hall–Kier alpha value is -3.57. The summed E-state index contributed by atoms with van der Waals surface area (Å²) < 4.78 is 6.88. The van der Waals surface area contributed by atoms with E-state index in [-0.39, 0.29) is 18.0 Å². The molecule has 1 heterocycles. The molecule has 4 rings (SSSR count). The zero-order valence-corrected chi connectivity index (χ0v) is 19.1. The Morgan fingerprint density at radius 1 is 0.939 bits per heavy atom. The lowest BCUT2D eigenvalue weighted by Gasteiger charge is -2.14. The molecule has 5 nitrogen and oxygen atoms in total. The van der Waals surface area contributed by atoms with E-state index in [9.17, 15) is 9.59 Å². The van der Waals surface area contributed by atoms with E-state index in [0.717, 1.165) is 17.4 Å². The van der Waals surface area contributed by atoms with Crippen LogP contribution in [0.25, 0.3) is 10.9 Å². The molecule has 0 bridgehead atoms. The van der Waals surface area contributed by atoms with Crippen molar-refractivity contribution in [2.24, 2.45) is 0 Å². The summed E-state index contributed by atoms with van der Waals surface area (Å²) in [5.41, 5.74) is 3.29. The van der Waals surface area contributed by atoms with Gasteiger partial charge in [-0.2, -0.15) is 0 Å². The SMILES string of the molecule is COc1ccc2cc(CCc3ccccc3)c(=O)n(CC(=O)NCc3ccc(Cl)cc3)c2c1. The van der Waals surface area contributed by atoms with E-state index >= 15 is 0 Å². The van der Waals surface area contributed by atoms with Crippen molar-refractivity contribution in [1.82, 2.24) is 9.88 Å². The second-order valence-corrected chi connectivity index (χ2v) is 8.31. The van der Waals surface area contributed by atoms with Crippen LogP contribution < -0.4 is 15.6 Å². The van der Waals surface area contributed by atoms with Gasteiger partial charge < -0.3 is 10.1 Å². The average Bonchev–Trinajstić information content (AvgIpc) is 2.84. The van der Waals surface area contributed by atoms with Crippen LogP contribution in [0.4, 0.5) is 0 Å². The van der Waals surface area contributed by atoms with Crippen molar-refractivity contribution in [3.8, 4) is 5.75 Å². The van der Waals surface area contributed by atoms with Crippen molar-refractivity contribution in [3.63, 3.8) is 0 Å². The number of amides is 1. The van der Waals surface area contributed by atoms with Gasteiger partial charge in [0.25, 0.3) is 5.56 Å². The highest BCUT2D eigenvalue weighted by molar-refractivity contribution is 6.30. The smallest absolute Gasteiger partial charge is 0.254 e. The first kappa shape index (κ1) is 22.6. The number of benzene rings is 3. The number of rotatable bonds is 8. The molecule has 0 fully saturated rings. The molecule has 0 atom stereocenters. The number of carbonyl (C=O) groups is 1. The Morgan fingerprint density at radius 2 is 1.70 bits per heavy atom. The zero-order valence-electron chi connectivity index (χ0n) is 18.4. The van der Waals surface area contributed by atoms with Crippen LogP contribution in [-0.2, 0) is 30.7 Å². The van der Waals surface area contributed by atoms with Gasteiger partial charge in [0, 0.05) is 23.2 Å². The minimum Gasteiger partial charge on any atom is -0.497 e. The Balaban J connectivity index is 1.60. The minimum atomic E-state index is -0.239. The second-order valence-electron chi connectivity index (χ2n) is 7.87. The van der Waals surface area contributed by atoms with Gasteiger partial charge in [-0.1, -0.05) is 54.1 Å². The minimum absolute atomic E-state index is 0.0741. The topological polar surface area (TPSA) is 60.3 Å². The van der Waals surface area contributed by atoms with E-state index < -0.39 is 0 Å². The van der Waals surface area contributed by atoms with Gasteiger partial charge in [0.2, 0.25) is 5.91 Å². The third-order valence-corrected chi connectivity index (χ3v) is 5.86. The molecule has 4 aromatic rings. The number of carbonyl (C=O) groups excluding carboxylic acids is 1. The van der Waals surface area contributed by atoms with Crippen LogP contribution in [0.1, 0.15) is 16.7 Å². The van der Waals surface area contributed by atoms with Crippen LogP contribution in [0.5, 0.6) is 5.75 Å². The van der Waals surface area contributed by atoms with Crippen LogP contribution >= 0.6 is 11.6 Å². The Bertz CT molecular complexity index is 1320. The van der Waals surface area contributed by atoms with Crippen LogP contribution in [0.3, 0.4) is 0 Å². The maximum absolute atomic E-state index is 13.4. The molecular formula is C27H25ClN2O3. The van der Waals surface area contributed by atoms with Gasteiger partial charge >= 0.3 is 0 Å². The van der Waals surface area contributed by atoms with Gasteiger partial charge in [-0.25, -0.2) is 0 Å². The Labute approximate surface area is 197 Å². The van der Waals surface area contributed by atoms with Crippen molar-refractivity contribution in [2.45, 2.75) is 25.9 Å². The highest BCUT2D eigenvalue weighted by Gasteiger charge is 2.14. The maximum atomic E-state index is 13.4. The van der Waals surface area contributed by atoms with E-state index in [1.165, 1.54) is 10.1 Å². The van der Waals surface area contributed by atoms with Crippen LogP contribution in [0.15, 0.2) is 83.7 Å². The second kappa shape index (κ2) is 10.4. The number of aryl methyl sites for hydroxylation is 2. The summed E-state index contributed by atoms with van der Waals surface area (Å²) in [7, 11) is 1.58. The van der Waals surface area contributed by atoms with E-state index in [4.69, 9.17) is 16.3 Å². The molecule has 0 saturated carbocycles. The quantitative estimate of drug-likeness (QED) is 0.412. The lowest BCUT2D eigenvalue weighted by Crippen LogP contribution is -2.33. The van der Waals surface area contributed by atoms with Crippen molar-refractivity contribution < 1.29 is 9.53 Å². The molecule has 1 amide bonds. The Kier molecular flexibility index (Phi) is 7.10. The van der Waals surface area contributed by atoms with Gasteiger partial charge in [-0.05, 0) is 59.7 Å². The standard InChI is InChI=1S/C27H25ClN2O3/c1-33-24-14-11-21-15-22(10-7-19-5-3-2-4-6-19)27(32)30(25(21)16-24)18-26(31)29-17-20-8-12-23(28)13-9-20/h2-6,8-9,11-16H,7,10,17-18H2,1H3,(H,29,31). The summed E-state index contributed by atoms with van der Waals surface area (Å²) in [6.45, 7) is 0.287. The first-order valence-corrected chi connectivity index (χ1v) is 11.2. The summed E-state index contributed by atoms with van der Waals surface area (Å²) in [6, 6.07) is 24.8. The molecule has 33 heavy (non-hydrogen) atoms. The number of aromatic nitrogens is 1. The normalized spacial score (nSPS) is 10.8. The van der Waals surface area contributed by atoms with Crippen LogP contribution in [-0.4, -0.2) is 17.6 Å². The average molecular weight is 461 g/mol. The first-order chi connectivity index (χ1) is 16.0. The van der Waals surface area contributed by atoms with Crippen LogP contribution in [0.2, 0.25) is 5.02 Å². The lowest BCUT2D eigenvalue weighted by atomic mass is 10.0. The number of fused-ring (bicyclic) bond motifs is 1. The molecule has 3 aromatic carbocycles. The van der Waals surface area contributed by atoms with Gasteiger partial charge in [0.05, 0.1) is 12.6 Å². The molecule has 168 valence electrons. The summed E-state index contributed by atoms with van der Waals surface area (Å²) >= 11 is 5.92. The number of pyridine rings is 1. The molecule has 0 saturated heterocycles. The fourth-order valence-electron chi connectivity index (χ4n) is 3.80. The summed E-state index contributed by atoms with van der Waals surface area (Å²) in [6.07, 6.45) is 1.34. The molecule has 0 aliphatic heterocycles. The molecular weight excluding hydrogens is 436 g/mol. The fraction of sp³-hybridized carbons (Fsp3) is 0.185. The Morgan fingerprint density at radius 3 is 2.42 bits per heavy atom. The zero-order chi connectivity index (χ0) is 23.2. The predicted octanol–water partition coefficient (Wildman–Crippen LogP) is 4.77. The maximum Gasteiger partial charge on any atom is 0.254 e. The number of methoxy groups -OCH3 is 1. The third kappa shape index (κ3) is 5.62. The monoisotopic (exact) mass is 460 g/mol. The molecule has 6 heteroatoms. The molecule has 0 aliphatic rings. The lowest BCUT2D eigenvalue weighted by molar-refractivity contribution is -0.121. The number of nitrogens with one attached hydrogen (secondary N) is 1. The molecule has 0 spiro atoms. The fourth-order valence-corrected chi connectivity index (χ4v) is 3.93. The summed E-state index contributed by atoms with van der Waals surface area (Å²) in [4.78, 5) is 26.1. The summed E-state index contributed by atoms with van der Waals surface area (Å²) in [5, 5.41) is 4.43. The molecule has 0 unspecified atom stereocenters. The molecule has 0 aliphatic carbocycles. The van der Waals surface area contributed by atoms with E-state index in [1.54, 1.807) is 25.3 Å². The number of hydrogen-bond acceptors (Lipinski definition) is 3. The molecule has 0 radical (unpaired) electrons. The van der Waals surface area contributed by atoms with Crippen LogP contribution in [0, 0.1) is 0 Å². The van der Waals surface area contributed by atoms with E-state index in [2.05, 4.69) is 17.4 Å². The first-order valence-electron chi connectivity index (χ1n) is 10.8. The molecule has 1 aromatic heterocycles. The van der Waals surface area contributed by atoms with Gasteiger partial charge in [0.1, 0.15) is 12.3 Å². The predicted molar refractivity (Wildman–Crippen MR) is 132 cm³/mol. The highest BCUT2D eigenvalue weighted by atomic mass is 35.5. The van der Waals surface area contributed by atoms with Gasteiger partial charge in [-0.3, -0.25) is 14.2 Å². The van der Waals surface area contributed by atoms with Crippen molar-refractivity contribution in [1.29, 1.82) is 0 Å². The number of ether oxygens (including phenoxy) is 1. The number of nitrogens with zero attached hydrogens (tertiary/aromatic N) is 1. The molecule has 1 N–H and O–H groups in total. The van der Waals surface area contributed by atoms with E-state index in [1.807, 2.05) is 48.5 Å². The van der Waals surface area contributed by atoms with Crippen molar-refractivity contribution in [2.75, 3.05) is 7.11 Å². The van der Waals surface area contributed by atoms with E-state index in [0.29, 0.717) is 34.8 Å². The van der Waals surface area contributed by atoms with Gasteiger partial charge in [-0.15, -0.1) is 0 Å². The summed E-state index contributed by atoms with van der Waals surface area (Å²) in [5.74, 6) is 0.394. The van der Waals surface area contributed by atoms with Gasteiger partial charge in [0.15, 0.2) is 0 Å². The number of hydrogen-bond donors (Lipinski definition) is 1.